The smallest absolute Gasteiger partial charge is 0.213 e. The van der Waals surface area contributed by atoms with Crippen LogP contribution < -0.4 is 10.2 Å². The first kappa shape index (κ1) is 23.2. The van der Waals surface area contributed by atoms with Gasteiger partial charge in [0.2, 0.25) is 6.41 Å². The van der Waals surface area contributed by atoms with Gasteiger partial charge in [-0.15, -0.1) is 0 Å². The molecule has 1 aliphatic rings. The van der Waals surface area contributed by atoms with E-state index < -0.39 is 0 Å². The maximum Gasteiger partial charge on any atom is 0.213 e. The number of carbonyl (C=O) groups is 1. The second kappa shape index (κ2) is 11.2. The second-order valence-corrected chi connectivity index (χ2v) is 8.87. The van der Waals surface area contributed by atoms with Gasteiger partial charge in [-0.1, -0.05) is 31.6 Å². The van der Waals surface area contributed by atoms with Crippen LogP contribution >= 0.6 is 11.9 Å². The first-order chi connectivity index (χ1) is 15.1. The Morgan fingerprint density at radius 2 is 2.16 bits per heavy atom. The summed E-state index contributed by atoms with van der Waals surface area (Å²) in [5, 5.41) is 7.67. The van der Waals surface area contributed by atoms with Crippen molar-refractivity contribution in [3.63, 3.8) is 0 Å². The Kier molecular flexibility index (Phi) is 8.37. The monoisotopic (exact) mass is 439 g/mol. The van der Waals surface area contributed by atoms with E-state index >= 15 is 0 Å². The highest BCUT2D eigenvalue weighted by molar-refractivity contribution is 8.01. The molecule has 1 aromatic heterocycles. The van der Waals surface area contributed by atoms with Gasteiger partial charge in [0.1, 0.15) is 0 Å². The molecule has 166 valence electrons. The topological polar surface area (TPSA) is 53.4 Å². The molecule has 1 aliphatic heterocycles. The van der Waals surface area contributed by atoms with Crippen molar-refractivity contribution >= 4 is 24.0 Å². The van der Waals surface area contributed by atoms with Crippen LogP contribution in [-0.4, -0.2) is 41.1 Å². The Morgan fingerprint density at radius 3 is 2.90 bits per heavy atom. The summed E-state index contributed by atoms with van der Waals surface area (Å²) in [6, 6.07) is 8.33. The lowest BCUT2D eigenvalue weighted by molar-refractivity contribution is -0.107. The molecule has 0 aliphatic carbocycles. The maximum atomic E-state index is 11.3. The zero-order valence-corrected chi connectivity index (χ0v) is 19.8. The van der Waals surface area contributed by atoms with Crippen LogP contribution in [-0.2, 0) is 30.7 Å². The summed E-state index contributed by atoms with van der Waals surface area (Å²) in [7, 11) is 3.78. The lowest BCUT2D eigenvalue weighted by Crippen LogP contribution is -2.29. The summed E-state index contributed by atoms with van der Waals surface area (Å²) >= 11 is 1.79. The van der Waals surface area contributed by atoms with Crippen LogP contribution in [0.5, 0.6) is 0 Å². The van der Waals surface area contributed by atoms with E-state index in [9.17, 15) is 4.79 Å². The average molecular weight is 440 g/mol. The maximum absolute atomic E-state index is 11.3. The largest absolute Gasteiger partial charge is 0.391 e. The molecule has 0 fully saturated rings. The number of aromatic nitrogens is 2. The Balaban J connectivity index is 1.75. The molecule has 3 rings (SSSR count). The van der Waals surface area contributed by atoms with Gasteiger partial charge >= 0.3 is 0 Å². The van der Waals surface area contributed by atoms with Crippen LogP contribution in [0.2, 0.25) is 0 Å². The zero-order valence-electron chi connectivity index (χ0n) is 19.0. The van der Waals surface area contributed by atoms with Crippen molar-refractivity contribution in [2.75, 3.05) is 25.5 Å². The summed E-state index contributed by atoms with van der Waals surface area (Å²) in [4.78, 5) is 14.2. The Morgan fingerprint density at radius 1 is 1.32 bits per heavy atom. The molecule has 0 spiro atoms. The molecule has 1 aromatic carbocycles. The standard InChI is InChI=1S/C24H33N5OS/c1-5-8-22-20(9-6-11-23(22)27(4)18-30)10-7-12-24(19(2)25-3)31-28-15-16-29-21(17-28)13-14-26-29/h6-7,9,11-14,18,25H,5,8,10,15-17H2,1-4H3/b12-7+,24-19+. The van der Waals surface area contributed by atoms with Gasteiger partial charge in [0.15, 0.2) is 0 Å². The van der Waals surface area contributed by atoms with Crippen molar-refractivity contribution in [3.8, 4) is 0 Å². The van der Waals surface area contributed by atoms with Gasteiger partial charge in [0, 0.05) is 43.1 Å². The Labute approximate surface area is 190 Å². The van der Waals surface area contributed by atoms with Crippen molar-refractivity contribution in [2.24, 2.45) is 0 Å². The number of rotatable bonds is 10. The molecule has 2 aromatic rings. The third-order valence-corrected chi connectivity index (χ3v) is 6.78. The summed E-state index contributed by atoms with van der Waals surface area (Å²) < 4.78 is 4.47. The molecule has 0 saturated carbocycles. The van der Waals surface area contributed by atoms with E-state index in [1.165, 1.54) is 21.7 Å². The van der Waals surface area contributed by atoms with E-state index in [0.29, 0.717) is 0 Å². The van der Waals surface area contributed by atoms with Gasteiger partial charge in [0.25, 0.3) is 0 Å². The second-order valence-electron chi connectivity index (χ2n) is 7.73. The third kappa shape index (κ3) is 5.80. The minimum atomic E-state index is 0.837. The minimum Gasteiger partial charge on any atom is -0.391 e. The van der Waals surface area contributed by atoms with E-state index in [-0.39, 0.29) is 0 Å². The molecule has 1 N–H and O–H groups in total. The van der Waals surface area contributed by atoms with Gasteiger partial charge in [-0.3, -0.25) is 9.48 Å². The van der Waals surface area contributed by atoms with E-state index in [1.807, 2.05) is 32.4 Å². The van der Waals surface area contributed by atoms with Gasteiger partial charge in [-0.05, 0) is 61.0 Å². The molecule has 0 radical (unpaired) electrons. The van der Waals surface area contributed by atoms with E-state index in [4.69, 9.17) is 0 Å². The molecule has 6 nitrogen and oxygen atoms in total. The number of benzene rings is 1. The molecule has 7 heteroatoms. The third-order valence-electron chi connectivity index (χ3n) is 5.57. The highest BCUT2D eigenvalue weighted by Gasteiger charge is 2.18. The zero-order chi connectivity index (χ0) is 22.2. The van der Waals surface area contributed by atoms with Gasteiger partial charge in [0.05, 0.1) is 18.8 Å². The van der Waals surface area contributed by atoms with Crippen LogP contribution in [0.3, 0.4) is 0 Å². The summed E-state index contributed by atoms with van der Waals surface area (Å²) in [6.07, 6.45) is 10.1. The Bertz CT molecular complexity index is 949. The average Bonchev–Trinajstić information content (AvgIpc) is 3.26. The fourth-order valence-corrected chi connectivity index (χ4v) is 4.80. The summed E-state index contributed by atoms with van der Waals surface area (Å²) in [5.41, 5.74) is 5.95. The summed E-state index contributed by atoms with van der Waals surface area (Å²) in [5.74, 6) is 0. The van der Waals surface area contributed by atoms with Crippen molar-refractivity contribution in [2.45, 2.75) is 46.2 Å². The number of allylic oxidation sites excluding steroid dienone is 3. The lowest BCUT2D eigenvalue weighted by atomic mass is 9.98. The van der Waals surface area contributed by atoms with Crippen LogP contribution in [0.15, 0.2) is 53.2 Å². The molecule has 0 atom stereocenters. The molecular weight excluding hydrogens is 406 g/mol. The van der Waals surface area contributed by atoms with Crippen LogP contribution in [0, 0.1) is 0 Å². The molecular formula is C24H33N5OS. The highest BCUT2D eigenvalue weighted by Crippen LogP contribution is 2.29. The number of amides is 1. The molecule has 0 saturated heterocycles. The van der Waals surface area contributed by atoms with Crippen LogP contribution in [0.25, 0.3) is 0 Å². The molecule has 2 heterocycles. The fourth-order valence-electron chi connectivity index (χ4n) is 3.76. The van der Waals surface area contributed by atoms with Crippen molar-refractivity contribution in [3.05, 3.63) is 70.0 Å². The van der Waals surface area contributed by atoms with Crippen molar-refractivity contribution in [1.29, 1.82) is 0 Å². The first-order valence-electron chi connectivity index (χ1n) is 10.8. The van der Waals surface area contributed by atoms with E-state index in [1.54, 1.807) is 16.8 Å². The number of hydrogen-bond acceptors (Lipinski definition) is 5. The van der Waals surface area contributed by atoms with Crippen LogP contribution in [0.4, 0.5) is 5.69 Å². The number of nitrogens with one attached hydrogen (secondary N) is 1. The number of fused-ring (bicyclic) bond motifs is 1. The normalized spacial score (nSPS) is 15.0. The predicted octanol–water partition coefficient (Wildman–Crippen LogP) is 4.14. The molecule has 0 unspecified atom stereocenters. The highest BCUT2D eigenvalue weighted by atomic mass is 32.2. The molecule has 1 amide bonds. The Hall–Kier alpha value is -2.51. The first-order valence-corrected chi connectivity index (χ1v) is 11.6. The predicted molar refractivity (Wildman–Crippen MR) is 130 cm³/mol. The fraction of sp³-hybridized carbons (Fsp3) is 0.417. The summed E-state index contributed by atoms with van der Waals surface area (Å²) in [6.45, 7) is 7.06. The SMILES string of the molecule is CCCc1c(C/C=C/C(SN2CCn3nccc3C2)=C(/C)NC)cccc1N(C)C=O. The van der Waals surface area contributed by atoms with Gasteiger partial charge in [-0.2, -0.15) is 5.10 Å². The quantitative estimate of drug-likeness (QED) is 0.343. The van der Waals surface area contributed by atoms with Gasteiger partial charge < -0.3 is 10.2 Å². The molecule has 0 bridgehead atoms. The molecule has 31 heavy (non-hydrogen) atoms. The minimum absolute atomic E-state index is 0.837. The van der Waals surface area contributed by atoms with E-state index in [2.05, 4.69) is 57.5 Å². The van der Waals surface area contributed by atoms with Gasteiger partial charge in [-0.25, -0.2) is 4.31 Å². The number of hydrogen-bond donors (Lipinski definition) is 1. The lowest BCUT2D eigenvalue weighted by Gasteiger charge is -2.27. The number of anilines is 1. The van der Waals surface area contributed by atoms with Crippen molar-refractivity contribution in [1.82, 2.24) is 19.4 Å². The van der Waals surface area contributed by atoms with E-state index in [0.717, 1.165) is 56.7 Å². The number of carbonyl (C=O) groups excluding carboxylic acids is 1. The van der Waals surface area contributed by atoms with Crippen LogP contribution in [0.1, 0.15) is 37.1 Å². The van der Waals surface area contributed by atoms with Crippen molar-refractivity contribution < 1.29 is 4.79 Å². The number of nitrogens with zero attached hydrogens (tertiary/aromatic N) is 4.